The number of methoxy groups -OCH3 is 1. The Balaban J connectivity index is 2.43. The molecule has 3 heteroatoms. The lowest BCUT2D eigenvalue weighted by atomic mass is 10.3. The maximum absolute atomic E-state index is 5.65. The number of hydrogen-bond donors (Lipinski definition) is 1. The molecule has 0 atom stereocenters. The Morgan fingerprint density at radius 1 is 1.19 bits per heavy atom. The summed E-state index contributed by atoms with van der Waals surface area (Å²) in [5.74, 6) is 0.932. The van der Waals surface area contributed by atoms with Crippen molar-refractivity contribution < 1.29 is 9.47 Å². The Labute approximate surface area is 97.8 Å². The first-order valence-electron chi connectivity index (χ1n) is 5.83. The number of nitrogens with one attached hydrogen (secondary N) is 1. The molecule has 1 aromatic rings. The predicted molar refractivity (Wildman–Crippen MR) is 67.2 cm³/mol. The number of benzene rings is 1. The summed E-state index contributed by atoms with van der Waals surface area (Å²) in [6, 6.07) is 8.04. The highest BCUT2D eigenvalue weighted by Crippen LogP contribution is 2.23. The summed E-state index contributed by atoms with van der Waals surface area (Å²) in [5.41, 5.74) is 1.06. The molecule has 0 saturated heterocycles. The average molecular weight is 223 g/mol. The molecule has 1 aromatic carbocycles. The number of anilines is 1. The number of para-hydroxylation sites is 2. The predicted octanol–water partition coefficient (Wildman–Crippen LogP) is 2.92. The van der Waals surface area contributed by atoms with Crippen molar-refractivity contribution in [1.29, 1.82) is 0 Å². The van der Waals surface area contributed by atoms with Crippen LogP contribution >= 0.6 is 0 Å². The maximum atomic E-state index is 5.65. The van der Waals surface area contributed by atoms with Crippen molar-refractivity contribution in [2.24, 2.45) is 0 Å². The van der Waals surface area contributed by atoms with E-state index in [4.69, 9.17) is 9.47 Å². The van der Waals surface area contributed by atoms with E-state index in [9.17, 15) is 0 Å². The summed E-state index contributed by atoms with van der Waals surface area (Å²) in [6.45, 7) is 4.55. The lowest BCUT2D eigenvalue weighted by Crippen LogP contribution is -2.06. The fourth-order valence-corrected chi connectivity index (χ4v) is 1.39. The third kappa shape index (κ3) is 4.53. The molecule has 0 aliphatic heterocycles. The van der Waals surface area contributed by atoms with E-state index in [2.05, 4.69) is 12.2 Å². The van der Waals surface area contributed by atoms with E-state index in [0.717, 1.165) is 44.0 Å². The van der Waals surface area contributed by atoms with Gasteiger partial charge in [-0.1, -0.05) is 19.1 Å². The van der Waals surface area contributed by atoms with Crippen LogP contribution in [-0.2, 0) is 4.74 Å². The van der Waals surface area contributed by atoms with Gasteiger partial charge in [0, 0.05) is 20.3 Å². The standard InChI is InChI=1S/C13H21NO2/c1-3-10-16-13-8-5-4-7-12(13)14-9-6-11-15-2/h4-5,7-8,14H,3,6,9-11H2,1-2H3. The third-order valence-corrected chi connectivity index (χ3v) is 2.19. The summed E-state index contributed by atoms with van der Waals surface area (Å²) in [4.78, 5) is 0. The van der Waals surface area contributed by atoms with Gasteiger partial charge in [-0.25, -0.2) is 0 Å². The Kier molecular flexibility index (Phi) is 6.42. The van der Waals surface area contributed by atoms with Crippen LogP contribution in [0, 0.1) is 0 Å². The van der Waals surface area contributed by atoms with Gasteiger partial charge in [0.05, 0.1) is 12.3 Å². The van der Waals surface area contributed by atoms with Gasteiger partial charge >= 0.3 is 0 Å². The fraction of sp³-hybridized carbons (Fsp3) is 0.538. The zero-order valence-electron chi connectivity index (χ0n) is 10.2. The minimum absolute atomic E-state index is 0.761. The Hall–Kier alpha value is -1.22. The molecule has 1 rings (SSSR count). The molecule has 1 N–H and O–H groups in total. The van der Waals surface area contributed by atoms with Crippen LogP contribution in [0.1, 0.15) is 19.8 Å². The first-order chi connectivity index (χ1) is 7.88. The highest BCUT2D eigenvalue weighted by atomic mass is 16.5. The molecular formula is C13H21NO2. The molecule has 0 aliphatic carbocycles. The molecule has 90 valence electrons. The van der Waals surface area contributed by atoms with Crippen LogP contribution in [0.5, 0.6) is 5.75 Å². The molecule has 16 heavy (non-hydrogen) atoms. The molecule has 0 saturated carbocycles. The third-order valence-electron chi connectivity index (χ3n) is 2.19. The molecule has 0 heterocycles. The quantitative estimate of drug-likeness (QED) is 0.687. The van der Waals surface area contributed by atoms with Crippen molar-refractivity contribution >= 4 is 5.69 Å². The normalized spacial score (nSPS) is 10.1. The molecular weight excluding hydrogens is 202 g/mol. The van der Waals surface area contributed by atoms with Gasteiger partial charge in [0.1, 0.15) is 5.75 Å². The summed E-state index contributed by atoms with van der Waals surface area (Å²) in [5, 5.41) is 3.35. The molecule has 0 spiro atoms. The van der Waals surface area contributed by atoms with E-state index in [1.807, 2.05) is 24.3 Å². The van der Waals surface area contributed by atoms with Crippen LogP contribution in [0.15, 0.2) is 24.3 Å². The van der Waals surface area contributed by atoms with E-state index < -0.39 is 0 Å². The van der Waals surface area contributed by atoms with Gasteiger partial charge < -0.3 is 14.8 Å². The van der Waals surface area contributed by atoms with Gasteiger partial charge in [0.15, 0.2) is 0 Å². The van der Waals surface area contributed by atoms with E-state index in [0.29, 0.717) is 0 Å². The zero-order valence-corrected chi connectivity index (χ0v) is 10.2. The smallest absolute Gasteiger partial charge is 0.142 e. The van der Waals surface area contributed by atoms with E-state index in [1.165, 1.54) is 0 Å². The summed E-state index contributed by atoms with van der Waals surface area (Å²) < 4.78 is 10.7. The van der Waals surface area contributed by atoms with E-state index in [1.54, 1.807) is 7.11 Å². The summed E-state index contributed by atoms with van der Waals surface area (Å²) in [7, 11) is 1.72. The minimum atomic E-state index is 0.761. The van der Waals surface area contributed by atoms with Crippen LogP contribution < -0.4 is 10.1 Å². The van der Waals surface area contributed by atoms with Crippen LogP contribution in [0.2, 0.25) is 0 Å². The second-order valence-corrected chi connectivity index (χ2v) is 3.62. The summed E-state index contributed by atoms with van der Waals surface area (Å²) >= 11 is 0. The van der Waals surface area contributed by atoms with Crippen molar-refractivity contribution in [2.75, 3.05) is 32.2 Å². The minimum Gasteiger partial charge on any atom is -0.491 e. The largest absolute Gasteiger partial charge is 0.491 e. The number of ether oxygens (including phenoxy) is 2. The molecule has 0 aromatic heterocycles. The lowest BCUT2D eigenvalue weighted by Gasteiger charge is -2.12. The van der Waals surface area contributed by atoms with Gasteiger partial charge in [-0.15, -0.1) is 0 Å². The second-order valence-electron chi connectivity index (χ2n) is 3.62. The molecule has 0 unspecified atom stereocenters. The monoisotopic (exact) mass is 223 g/mol. The molecule has 0 radical (unpaired) electrons. The van der Waals surface area contributed by atoms with E-state index in [-0.39, 0.29) is 0 Å². The number of hydrogen-bond acceptors (Lipinski definition) is 3. The molecule has 0 aliphatic rings. The first-order valence-corrected chi connectivity index (χ1v) is 5.83. The Morgan fingerprint density at radius 2 is 2.00 bits per heavy atom. The Morgan fingerprint density at radius 3 is 2.75 bits per heavy atom. The maximum Gasteiger partial charge on any atom is 0.142 e. The van der Waals surface area contributed by atoms with Gasteiger partial charge in [0.25, 0.3) is 0 Å². The topological polar surface area (TPSA) is 30.5 Å². The average Bonchev–Trinajstić information content (AvgIpc) is 2.33. The van der Waals surface area contributed by atoms with Crippen molar-refractivity contribution in [1.82, 2.24) is 0 Å². The van der Waals surface area contributed by atoms with Crippen LogP contribution in [0.25, 0.3) is 0 Å². The molecule has 0 fully saturated rings. The summed E-state index contributed by atoms with van der Waals surface area (Å²) in [6.07, 6.45) is 2.02. The lowest BCUT2D eigenvalue weighted by molar-refractivity contribution is 0.197. The van der Waals surface area contributed by atoms with Crippen molar-refractivity contribution in [2.45, 2.75) is 19.8 Å². The van der Waals surface area contributed by atoms with Crippen LogP contribution in [0.3, 0.4) is 0 Å². The van der Waals surface area contributed by atoms with Crippen molar-refractivity contribution in [3.8, 4) is 5.75 Å². The highest BCUT2D eigenvalue weighted by Gasteiger charge is 2.00. The van der Waals surface area contributed by atoms with Gasteiger partial charge in [-0.05, 0) is 25.0 Å². The van der Waals surface area contributed by atoms with Crippen LogP contribution in [-0.4, -0.2) is 26.9 Å². The van der Waals surface area contributed by atoms with Gasteiger partial charge in [0.2, 0.25) is 0 Å². The Bertz CT molecular complexity index is 289. The molecule has 0 bridgehead atoms. The molecule has 0 amide bonds. The molecule has 3 nitrogen and oxygen atoms in total. The number of rotatable bonds is 8. The zero-order chi connectivity index (χ0) is 11.6. The highest BCUT2D eigenvalue weighted by molar-refractivity contribution is 5.56. The first kappa shape index (κ1) is 12.8. The van der Waals surface area contributed by atoms with Crippen LogP contribution in [0.4, 0.5) is 5.69 Å². The van der Waals surface area contributed by atoms with Crippen molar-refractivity contribution in [3.63, 3.8) is 0 Å². The van der Waals surface area contributed by atoms with Crippen molar-refractivity contribution in [3.05, 3.63) is 24.3 Å². The van der Waals surface area contributed by atoms with E-state index >= 15 is 0 Å². The fourth-order valence-electron chi connectivity index (χ4n) is 1.39. The SMILES string of the molecule is CCCOc1ccccc1NCCCOC. The second kappa shape index (κ2) is 7.99. The van der Waals surface area contributed by atoms with Gasteiger partial charge in [-0.2, -0.15) is 0 Å². The van der Waals surface area contributed by atoms with Gasteiger partial charge in [-0.3, -0.25) is 0 Å².